The molecule has 0 saturated carbocycles. The van der Waals surface area contributed by atoms with E-state index in [1.54, 1.807) is 13.0 Å². The third-order valence-electron chi connectivity index (χ3n) is 2.41. The first-order valence-electron chi connectivity index (χ1n) is 6.50. The van der Waals surface area contributed by atoms with Gasteiger partial charge in [-0.15, -0.1) is 0 Å². The molecule has 20 heavy (non-hydrogen) atoms. The zero-order valence-corrected chi connectivity index (χ0v) is 12.3. The summed E-state index contributed by atoms with van der Waals surface area (Å²) in [4.78, 5) is 22.6. The highest BCUT2D eigenvalue weighted by molar-refractivity contribution is 5.88. The van der Waals surface area contributed by atoms with E-state index < -0.39 is 6.03 Å². The van der Waals surface area contributed by atoms with Crippen LogP contribution in [0.25, 0.3) is 0 Å². The van der Waals surface area contributed by atoms with Gasteiger partial charge in [0.1, 0.15) is 5.76 Å². The van der Waals surface area contributed by atoms with Crippen molar-refractivity contribution >= 4 is 17.8 Å². The molecule has 0 atom stereocenters. The standard InChI is InChI=1S/C13H21N3O4/c1-5-19-11(17)6-7-14-12(18)15-10-8-9(20-16-10)13(2,3)4/h8H,5-7H2,1-4H3,(H2,14,15,16,18). The lowest BCUT2D eigenvalue weighted by Crippen LogP contribution is -2.31. The van der Waals surface area contributed by atoms with Crippen molar-refractivity contribution in [3.05, 3.63) is 11.8 Å². The number of anilines is 1. The molecule has 0 aromatic carbocycles. The van der Waals surface area contributed by atoms with Crippen molar-refractivity contribution in [2.45, 2.75) is 39.5 Å². The average molecular weight is 283 g/mol. The van der Waals surface area contributed by atoms with E-state index in [2.05, 4.69) is 15.8 Å². The van der Waals surface area contributed by atoms with Crippen LogP contribution in [-0.2, 0) is 14.9 Å². The van der Waals surface area contributed by atoms with Crippen LogP contribution in [0.4, 0.5) is 10.6 Å². The maximum atomic E-state index is 11.6. The summed E-state index contributed by atoms with van der Waals surface area (Å²) < 4.78 is 9.88. The van der Waals surface area contributed by atoms with Crippen molar-refractivity contribution in [1.29, 1.82) is 0 Å². The summed E-state index contributed by atoms with van der Waals surface area (Å²) in [7, 11) is 0. The van der Waals surface area contributed by atoms with E-state index >= 15 is 0 Å². The predicted molar refractivity (Wildman–Crippen MR) is 73.5 cm³/mol. The zero-order valence-electron chi connectivity index (χ0n) is 12.3. The molecule has 1 aromatic heterocycles. The molecule has 7 nitrogen and oxygen atoms in total. The molecule has 0 spiro atoms. The van der Waals surface area contributed by atoms with Crippen molar-refractivity contribution in [3.8, 4) is 0 Å². The Hall–Kier alpha value is -2.05. The number of hydrogen-bond donors (Lipinski definition) is 2. The fourth-order valence-corrected chi connectivity index (χ4v) is 1.36. The lowest BCUT2D eigenvalue weighted by molar-refractivity contribution is -0.142. The number of urea groups is 1. The first-order chi connectivity index (χ1) is 9.32. The van der Waals surface area contributed by atoms with Crippen LogP contribution in [0.2, 0.25) is 0 Å². The molecule has 1 aromatic rings. The fraction of sp³-hybridized carbons (Fsp3) is 0.615. The van der Waals surface area contributed by atoms with Crippen LogP contribution in [0.3, 0.4) is 0 Å². The fourth-order valence-electron chi connectivity index (χ4n) is 1.36. The second-order valence-electron chi connectivity index (χ2n) is 5.26. The van der Waals surface area contributed by atoms with E-state index in [4.69, 9.17) is 9.26 Å². The number of aromatic nitrogens is 1. The number of ether oxygens (including phenoxy) is 1. The Morgan fingerprint density at radius 3 is 2.65 bits per heavy atom. The first-order valence-corrected chi connectivity index (χ1v) is 6.50. The van der Waals surface area contributed by atoms with E-state index in [0.717, 1.165) is 0 Å². The molecular weight excluding hydrogens is 262 g/mol. The maximum Gasteiger partial charge on any atom is 0.320 e. The van der Waals surface area contributed by atoms with Crippen molar-refractivity contribution in [2.75, 3.05) is 18.5 Å². The number of carbonyl (C=O) groups is 2. The Bertz CT molecular complexity index is 462. The average Bonchev–Trinajstić information content (AvgIpc) is 2.77. The Morgan fingerprint density at radius 1 is 1.40 bits per heavy atom. The van der Waals surface area contributed by atoms with Crippen LogP contribution in [0.15, 0.2) is 10.6 Å². The van der Waals surface area contributed by atoms with Crippen LogP contribution in [-0.4, -0.2) is 30.3 Å². The predicted octanol–water partition coefficient (Wildman–Crippen LogP) is 2.05. The molecule has 0 bridgehead atoms. The Balaban J connectivity index is 2.36. The second kappa shape index (κ2) is 6.93. The highest BCUT2D eigenvalue weighted by Crippen LogP contribution is 2.24. The van der Waals surface area contributed by atoms with Gasteiger partial charge in [0, 0.05) is 18.0 Å². The number of nitrogens with zero attached hydrogens (tertiary/aromatic N) is 1. The molecule has 7 heteroatoms. The summed E-state index contributed by atoms with van der Waals surface area (Å²) >= 11 is 0. The molecule has 0 aliphatic heterocycles. The van der Waals surface area contributed by atoms with Crippen LogP contribution in [0, 0.1) is 0 Å². The molecule has 112 valence electrons. The minimum Gasteiger partial charge on any atom is -0.466 e. The topological polar surface area (TPSA) is 93.5 Å². The number of carbonyl (C=O) groups excluding carboxylic acids is 2. The van der Waals surface area contributed by atoms with Crippen molar-refractivity contribution in [2.24, 2.45) is 0 Å². The monoisotopic (exact) mass is 283 g/mol. The lowest BCUT2D eigenvalue weighted by Gasteiger charge is -2.12. The minimum absolute atomic E-state index is 0.132. The largest absolute Gasteiger partial charge is 0.466 e. The molecule has 0 aliphatic carbocycles. The van der Waals surface area contributed by atoms with Gasteiger partial charge >= 0.3 is 12.0 Å². The molecule has 1 heterocycles. The molecule has 0 aliphatic rings. The van der Waals surface area contributed by atoms with E-state index in [1.807, 2.05) is 20.8 Å². The quantitative estimate of drug-likeness (QED) is 0.807. The van der Waals surface area contributed by atoms with Gasteiger partial charge in [-0.25, -0.2) is 4.79 Å². The molecule has 0 saturated heterocycles. The van der Waals surface area contributed by atoms with Crippen molar-refractivity contribution in [1.82, 2.24) is 10.5 Å². The highest BCUT2D eigenvalue weighted by Gasteiger charge is 2.20. The smallest absolute Gasteiger partial charge is 0.320 e. The van der Waals surface area contributed by atoms with E-state index in [1.165, 1.54) is 0 Å². The van der Waals surface area contributed by atoms with E-state index in [0.29, 0.717) is 18.2 Å². The SMILES string of the molecule is CCOC(=O)CCNC(=O)Nc1cc(C(C)(C)C)on1. The third-order valence-corrected chi connectivity index (χ3v) is 2.41. The van der Waals surface area contributed by atoms with Crippen molar-refractivity contribution in [3.63, 3.8) is 0 Å². The van der Waals surface area contributed by atoms with Gasteiger partial charge in [0.15, 0.2) is 5.82 Å². The number of esters is 1. The van der Waals surface area contributed by atoms with Gasteiger partial charge in [-0.3, -0.25) is 10.1 Å². The highest BCUT2D eigenvalue weighted by atomic mass is 16.5. The minimum atomic E-state index is -0.442. The maximum absolute atomic E-state index is 11.6. The van der Waals surface area contributed by atoms with E-state index in [9.17, 15) is 9.59 Å². The Kier molecular flexibility index (Phi) is 5.54. The van der Waals surface area contributed by atoms with Gasteiger partial charge in [-0.1, -0.05) is 25.9 Å². The van der Waals surface area contributed by atoms with Crippen molar-refractivity contribution < 1.29 is 18.8 Å². The van der Waals surface area contributed by atoms with Crippen LogP contribution >= 0.6 is 0 Å². The molecule has 0 unspecified atom stereocenters. The summed E-state index contributed by atoms with van der Waals surface area (Å²) in [5.74, 6) is 0.673. The summed E-state index contributed by atoms with van der Waals surface area (Å²) in [5, 5.41) is 8.83. The van der Waals surface area contributed by atoms with Crippen LogP contribution in [0.5, 0.6) is 0 Å². The molecule has 2 N–H and O–H groups in total. The summed E-state index contributed by atoms with van der Waals surface area (Å²) in [6, 6.07) is 1.23. The second-order valence-corrected chi connectivity index (χ2v) is 5.26. The van der Waals surface area contributed by atoms with Gasteiger partial charge in [-0.05, 0) is 6.92 Å². The van der Waals surface area contributed by atoms with Gasteiger partial charge in [-0.2, -0.15) is 0 Å². The zero-order chi connectivity index (χ0) is 15.2. The Labute approximate surface area is 118 Å². The number of amides is 2. The summed E-state index contributed by atoms with van der Waals surface area (Å²) in [6.45, 7) is 8.22. The summed E-state index contributed by atoms with van der Waals surface area (Å²) in [6.07, 6.45) is 0.132. The third kappa shape index (κ3) is 5.29. The van der Waals surface area contributed by atoms with Gasteiger partial charge in [0.05, 0.1) is 13.0 Å². The first kappa shape index (κ1) is 16.0. The van der Waals surface area contributed by atoms with Gasteiger partial charge < -0.3 is 14.6 Å². The van der Waals surface area contributed by atoms with Gasteiger partial charge in [0.25, 0.3) is 0 Å². The lowest BCUT2D eigenvalue weighted by atomic mass is 9.93. The molecule has 2 amide bonds. The summed E-state index contributed by atoms with van der Waals surface area (Å²) in [5.41, 5.74) is -0.173. The van der Waals surface area contributed by atoms with E-state index in [-0.39, 0.29) is 24.3 Å². The molecule has 0 radical (unpaired) electrons. The van der Waals surface area contributed by atoms with Gasteiger partial charge in [0.2, 0.25) is 0 Å². The van der Waals surface area contributed by atoms with Crippen LogP contribution < -0.4 is 10.6 Å². The molecule has 0 fully saturated rings. The van der Waals surface area contributed by atoms with Crippen LogP contribution in [0.1, 0.15) is 39.9 Å². The number of nitrogens with one attached hydrogen (secondary N) is 2. The normalized spacial score (nSPS) is 11.0. The Morgan fingerprint density at radius 2 is 2.10 bits per heavy atom. The number of hydrogen-bond acceptors (Lipinski definition) is 5. The molecule has 1 rings (SSSR count). The molecular formula is C13H21N3O4. The number of rotatable bonds is 5.